The number of nitrogens with zero attached hydrogens (tertiary/aromatic N) is 1. The van der Waals surface area contributed by atoms with Crippen molar-refractivity contribution < 1.29 is 18.8 Å². The predicted octanol–water partition coefficient (Wildman–Crippen LogP) is 2.84. The van der Waals surface area contributed by atoms with E-state index in [1.54, 1.807) is 14.0 Å². The van der Waals surface area contributed by atoms with Gasteiger partial charge in [-0.25, -0.2) is 0 Å². The Morgan fingerprint density at radius 1 is 1.32 bits per heavy atom. The molecule has 0 saturated heterocycles. The molecule has 2 heterocycles. The first-order valence-corrected chi connectivity index (χ1v) is 8.24. The van der Waals surface area contributed by atoms with E-state index in [9.17, 15) is 4.79 Å². The summed E-state index contributed by atoms with van der Waals surface area (Å²) in [5.74, 6) is 2.23. The highest BCUT2D eigenvalue weighted by atomic mass is 16.7. The molecule has 132 valence electrons. The van der Waals surface area contributed by atoms with Crippen LogP contribution in [0.3, 0.4) is 0 Å². The van der Waals surface area contributed by atoms with Gasteiger partial charge in [-0.05, 0) is 38.1 Å². The minimum atomic E-state index is -1.02. The van der Waals surface area contributed by atoms with Gasteiger partial charge in [0, 0.05) is 24.9 Å². The van der Waals surface area contributed by atoms with E-state index in [-0.39, 0.29) is 5.91 Å². The number of nitrogens with one attached hydrogen (secondary N) is 1. The van der Waals surface area contributed by atoms with Gasteiger partial charge in [0.15, 0.2) is 0 Å². The van der Waals surface area contributed by atoms with Gasteiger partial charge >= 0.3 is 0 Å². The number of hydrogen-bond acceptors (Lipinski definition) is 5. The van der Waals surface area contributed by atoms with Gasteiger partial charge in [0.05, 0.1) is 12.8 Å². The quantitative estimate of drug-likeness (QED) is 0.876. The van der Waals surface area contributed by atoms with E-state index in [4.69, 9.17) is 14.0 Å². The summed E-state index contributed by atoms with van der Waals surface area (Å²) < 4.78 is 10.9. The van der Waals surface area contributed by atoms with Gasteiger partial charge in [0.2, 0.25) is 5.60 Å². The van der Waals surface area contributed by atoms with Gasteiger partial charge in [0.1, 0.15) is 17.3 Å². The molecule has 1 atom stereocenters. The van der Waals surface area contributed by atoms with Crippen molar-refractivity contribution in [2.75, 3.05) is 13.7 Å². The van der Waals surface area contributed by atoms with Crippen LogP contribution in [0, 0.1) is 6.92 Å². The standard InChI is InChI=1S/C19H22N2O4/c1-13-8-9-14(24-13)10-11-20-18(22)19(2)12-16(21-25-19)15-6-4-5-7-17(15)23-3/h4-9H,10-12H2,1-3H3,(H,20,22)/t19-/m1/s1. The smallest absolute Gasteiger partial charge is 0.267 e. The molecule has 1 aliphatic heterocycles. The number of amides is 1. The van der Waals surface area contributed by atoms with Crippen molar-refractivity contribution >= 4 is 11.6 Å². The van der Waals surface area contributed by atoms with Crippen LogP contribution in [0.5, 0.6) is 5.75 Å². The monoisotopic (exact) mass is 342 g/mol. The number of rotatable bonds is 6. The summed E-state index contributed by atoms with van der Waals surface area (Å²) in [5, 5.41) is 7.01. The lowest BCUT2D eigenvalue weighted by Crippen LogP contribution is -2.45. The average molecular weight is 342 g/mol. The molecule has 0 radical (unpaired) electrons. The van der Waals surface area contributed by atoms with Crippen LogP contribution in [0.15, 0.2) is 46.0 Å². The van der Waals surface area contributed by atoms with E-state index in [1.165, 1.54) is 0 Å². The first-order valence-electron chi connectivity index (χ1n) is 8.24. The summed E-state index contributed by atoms with van der Waals surface area (Å²) in [6, 6.07) is 11.4. The average Bonchev–Trinajstić information content (AvgIpc) is 3.21. The Balaban J connectivity index is 1.59. The van der Waals surface area contributed by atoms with Crippen LogP contribution in [0.2, 0.25) is 0 Å². The second-order valence-corrected chi connectivity index (χ2v) is 6.26. The molecule has 0 unspecified atom stereocenters. The van der Waals surface area contributed by atoms with Crippen LogP contribution in [-0.4, -0.2) is 30.9 Å². The number of para-hydroxylation sites is 1. The topological polar surface area (TPSA) is 73.1 Å². The fourth-order valence-electron chi connectivity index (χ4n) is 2.79. The minimum absolute atomic E-state index is 0.190. The third kappa shape index (κ3) is 3.68. The van der Waals surface area contributed by atoms with Crippen molar-refractivity contribution in [2.45, 2.75) is 32.3 Å². The Morgan fingerprint density at radius 3 is 2.84 bits per heavy atom. The maximum atomic E-state index is 12.5. The number of methoxy groups -OCH3 is 1. The molecule has 0 saturated carbocycles. The zero-order valence-electron chi connectivity index (χ0n) is 14.7. The van der Waals surface area contributed by atoms with Crippen LogP contribution in [0.1, 0.15) is 30.4 Å². The molecule has 0 bridgehead atoms. The third-order valence-corrected chi connectivity index (χ3v) is 4.21. The number of hydrogen-bond donors (Lipinski definition) is 1. The largest absolute Gasteiger partial charge is 0.496 e. The molecule has 1 amide bonds. The molecule has 3 rings (SSSR count). The summed E-state index contributed by atoms with van der Waals surface area (Å²) in [6.45, 7) is 4.12. The second kappa shape index (κ2) is 7.01. The van der Waals surface area contributed by atoms with E-state index < -0.39 is 5.60 Å². The Labute approximate surface area is 146 Å². The van der Waals surface area contributed by atoms with E-state index >= 15 is 0 Å². The molecule has 6 heteroatoms. The lowest BCUT2D eigenvalue weighted by atomic mass is 9.94. The zero-order valence-corrected chi connectivity index (χ0v) is 14.7. The van der Waals surface area contributed by atoms with Gasteiger partial charge < -0.3 is 19.3 Å². The Kier molecular flexibility index (Phi) is 4.79. The number of carbonyl (C=O) groups excluding carboxylic acids is 1. The van der Waals surface area contributed by atoms with Crippen molar-refractivity contribution in [3.05, 3.63) is 53.5 Å². The third-order valence-electron chi connectivity index (χ3n) is 4.21. The molecule has 0 fully saturated rings. The Bertz CT molecular complexity index is 796. The fraction of sp³-hybridized carbons (Fsp3) is 0.368. The molecule has 6 nitrogen and oxygen atoms in total. The van der Waals surface area contributed by atoms with Crippen molar-refractivity contribution in [1.82, 2.24) is 5.32 Å². The molecule has 1 aromatic carbocycles. The molecule has 0 spiro atoms. The molecule has 2 aromatic rings. The van der Waals surface area contributed by atoms with E-state index in [2.05, 4.69) is 10.5 Å². The summed E-state index contributed by atoms with van der Waals surface area (Å²) in [7, 11) is 1.61. The van der Waals surface area contributed by atoms with Crippen LogP contribution in [-0.2, 0) is 16.1 Å². The molecule has 0 aliphatic carbocycles. The summed E-state index contributed by atoms with van der Waals surface area (Å²) >= 11 is 0. The Hall–Kier alpha value is -2.76. The summed E-state index contributed by atoms with van der Waals surface area (Å²) in [4.78, 5) is 18.0. The van der Waals surface area contributed by atoms with Crippen LogP contribution < -0.4 is 10.1 Å². The van der Waals surface area contributed by atoms with Crippen molar-refractivity contribution in [3.8, 4) is 5.75 Å². The second-order valence-electron chi connectivity index (χ2n) is 6.26. The number of aryl methyl sites for hydroxylation is 1. The summed E-state index contributed by atoms with van der Waals surface area (Å²) in [5.41, 5.74) is 0.527. The number of benzene rings is 1. The van der Waals surface area contributed by atoms with Gasteiger partial charge in [-0.15, -0.1) is 0 Å². The number of carbonyl (C=O) groups is 1. The number of furan rings is 1. The molecule has 1 aliphatic rings. The minimum Gasteiger partial charge on any atom is -0.496 e. The van der Waals surface area contributed by atoms with Crippen molar-refractivity contribution in [2.24, 2.45) is 5.16 Å². The van der Waals surface area contributed by atoms with Gasteiger partial charge in [-0.2, -0.15) is 0 Å². The molecule has 1 aromatic heterocycles. The van der Waals surface area contributed by atoms with E-state index in [0.29, 0.717) is 30.8 Å². The van der Waals surface area contributed by atoms with Gasteiger partial charge in [-0.3, -0.25) is 4.79 Å². The number of oxime groups is 1. The highest BCUT2D eigenvalue weighted by Gasteiger charge is 2.42. The maximum Gasteiger partial charge on any atom is 0.267 e. The number of ether oxygens (including phenoxy) is 1. The van der Waals surface area contributed by atoms with Crippen molar-refractivity contribution in [3.63, 3.8) is 0 Å². The highest BCUT2D eigenvalue weighted by Crippen LogP contribution is 2.30. The van der Waals surface area contributed by atoms with Crippen LogP contribution >= 0.6 is 0 Å². The van der Waals surface area contributed by atoms with E-state index in [1.807, 2.05) is 43.3 Å². The zero-order chi connectivity index (χ0) is 17.9. The highest BCUT2D eigenvalue weighted by molar-refractivity contribution is 6.07. The van der Waals surface area contributed by atoms with E-state index in [0.717, 1.165) is 17.1 Å². The first-order chi connectivity index (χ1) is 12.0. The Morgan fingerprint density at radius 2 is 2.12 bits per heavy atom. The molecule has 1 N–H and O–H groups in total. The lowest BCUT2D eigenvalue weighted by molar-refractivity contribution is -0.141. The fourth-order valence-corrected chi connectivity index (χ4v) is 2.79. The first kappa shape index (κ1) is 17.1. The normalized spacial score (nSPS) is 19.2. The van der Waals surface area contributed by atoms with Crippen molar-refractivity contribution in [1.29, 1.82) is 0 Å². The van der Waals surface area contributed by atoms with Gasteiger partial charge in [-0.1, -0.05) is 17.3 Å². The van der Waals surface area contributed by atoms with Crippen LogP contribution in [0.4, 0.5) is 0 Å². The summed E-state index contributed by atoms with van der Waals surface area (Å²) in [6.07, 6.45) is 1.02. The van der Waals surface area contributed by atoms with Crippen LogP contribution in [0.25, 0.3) is 0 Å². The molecular weight excluding hydrogens is 320 g/mol. The SMILES string of the molecule is COc1ccccc1C1=NO[C@@](C)(C(=O)NCCc2ccc(C)o2)C1. The van der Waals surface area contributed by atoms with Gasteiger partial charge in [0.25, 0.3) is 5.91 Å². The molecular formula is C19H22N2O4. The maximum absolute atomic E-state index is 12.5. The molecule has 25 heavy (non-hydrogen) atoms. The predicted molar refractivity (Wildman–Crippen MR) is 93.8 cm³/mol. The lowest BCUT2D eigenvalue weighted by Gasteiger charge is -2.20.